The molecule has 0 bridgehead atoms. The lowest BCUT2D eigenvalue weighted by atomic mass is 10.2. The van der Waals surface area contributed by atoms with E-state index in [0.717, 1.165) is 7.57 Å². The fourth-order valence-electron chi connectivity index (χ4n) is 1.61. The summed E-state index contributed by atoms with van der Waals surface area (Å²) in [5, 5.41) is 2.99. The summed E-state index contributed by atoms with van der Waals surface area (Å²) in [4.78, 5) is 12.0. The van der Waals surface area contributed by atoms with Crippen molar-refractivity contribution in [2.24, 2.45) is 11.7 Å². The molecule has 1 fully saturated rings. The predicted octanol–water partition coefficient (Wildman–Crippen LogP) is 3.16. The van der Waals surface area contributed by atoms with Gasteiger partial charge in [-0.1, -0.05) is 0 Å². The first-order valence-electron chi connectivity index (χ1n) is 5.07. The molecule has 2 rings (SSSR count). The van der Waals surface area contributed by atoms with Gasteiger partial charge in [0, 0.05) is 12.6 Å². The Balaban J connectivity index is 0.00000144. The molecule has 1 aliphatic carbocycles. The lowest BCUT2D eigenvalue weighted by Gasteiger charge is -2.15. The molecule has 1 saturated carbocycles. The number of hydrogen-bond acceptors (Lipinski definition) is 3. The second-order valence-electron chi connectivity index (χ2n) is 3.89. The Labute approximate surface area is 127 Å². The SMILES string of the molecule is Cl.NCC(NC(=O)c1cc(Br)sc1Br)C1CC1. The van der Waals surface area contributed by atoms with E-state index in [2.05, 4.69) is 37.2 Å². The van der Waals surface area contributed by atoms with Crippen LogP contribution in [0.3, 0.4) is 0 Å². The smallest absolute Gasteiger partial charge is 0.253 e. The van der Waals surface area contributed by atoms with Gasteiger partial charge in [-0.05, 0) is 56.7 Å². The second-order valence-corrected chi connectivity index (χ2v) is 7.64. The molecule has 0 aliphatic heterocycles. The van der Waals surface area contributed by atoms with Crippen molar-refractivity contribution in [2.75, 3.05) is 6.54 Å². The van der Waals surface area contributed by atoms with E-state index in [4.69, 9.17) is 5.73 Å². The van der Waals surface area contributed by atoms with Crippen molar-refractivity contribution in [2.45, 2.75) is 18.9 Å². The van der Waals surface area contributed by atoms with Crippen LogP contribution in [0.5, 0.6) is 0 Å². The maximum atomic E-state index is 12.0. The van der Waals surface area contributed by atoms with Crippen molar-refractivity contribution in [3.63, 3.8) is 0 Å². The van der Waals surface area contributed by atoms with Crippen LogP contribution in [0.2, 0.25) is 0 Å². The fourth-order valence-corrected chi connectivity index (χ4v) is 4.40. The Morgan fingerprint density at radius 2 is 2.24 bits per heavy atom. The molecule has 1 unspecified atom stereocenters. The minimum absolute atomic E-state index is 0. The van der Waals surface area contributed by atoms with Gasteiger partial charge >= 0.3 is 0 Å². The quantitative estimate of drug-likeness (QED) is 0.810. The normalized spacial score (nSPS) is 16.2. The van der Waals surface area contributed by atoms with Gasteiger partial charge in [-0.15, -0.1) is 23.7 Å². The van der Waals surface area contributed by atoms with E-state index < -0.39 is 0 Å². The van der Waals surface area contributed by atoms with Crippen molar-refractivity contribution in [3.05, 3.63) is 19.2 Å². The lowest BCUT2D eigenvalue weighted by molar-refractivity contribution is 0.0933. The summed E-state index contributed by atoms with van der Waals surface area (Å²) >= 11 is 8.24. The summed E-state index contributed by atoms with van der Waals surface area (Å²) in [6, 6.07) is 1.95. The summed E-state index contributed by atoms with van der Waals surface area (Å²) in [6.07, 6.45) is 2.35. The number of carbonyl (C=O) groups excluding carboxylic acids is 1. The molecular weight excluding hydrogens is 391 g/mol. The molecule has 0 aromatic carbocycles. The number of thiophene rings is 1. The van der Waals surface area contributed by atoms with Gasteiger partial charge in [-0.3, -0.25) is 4.79 Å². The minimum atomic E-state index is -0.0452. The van der Waals surface area contributed by atoms with Gasteiger partial charge in [0.25, 0.3) is 5.91 Å². The van der Waals surface area contributed by atoms with Crippen LogP contribution in [-0.4, -0.2) is 18.5 Å². The molecule has 1 aromatic rings. The van der Waals surface area contributed by atoms with Crippen LogP contribution < -0.4 is 11.1 Å². The Kier molecular flexibility index (Phi) is 5.92. The van der Waals surface area contributed by atoms with Crippen LogP contribution in [-0.2, 0) is 0 Å². The van der Waals surface area contributed by atoms with Gasteiger partial charge in [-0.25, -0.2) is 0 Å². The first-order valence-corrected chi connectivity index (χ1v) is 7.48. The minimum Gasteiger partial charge on any atom is -0.348 e. The Hall–Kier alpha value is 0.380. The number of halogens is 3. The molecule has 0 radical (unpaired) electrons. The molecular formula is C10H13Br2ClN2OS. The van der Waals surface area contributed by atoms with Gasteiger partial charge in [-0.2, -0.15) is 0 Å². The largest absolute Gasteiger partial charge is 0.348 e. The van der Waals surface area contributed by atoms with E-state index in [1.807, 2.05) is 6.07 Å². The lowest BCUT2D eigenvalue weighted by Crippen LogP contribution is -2.41. The average Bonchev–Trinajstić information content (AvgIpc) is 3.01. The number of rotatable bonds is 4. The first-order chi connectivity index (χ1) is 7.61. The van der Waals surface area contributed by atoms with E-state index in [0.29, 0.717) is 18.0 Å². The highest BCUT2D eigenvalue weighted by Gasteiger charge is 2.31. The van der Waals surface area contributed by atoms with Crippen molar-refractivity contribution in [1.29, 1.82) is 0 Å². The molecule has 0 saturated heterocycles. The van der Waals surface area contributed by atoms with Crippen molar-refractivity contribution < 1.29 is 4.79 Å². The number of nitrogens with two attached hydrogens (primary N) is 1. The van der Waals surface area contributed by atoms with Crippen molar-refractivity contribution in [3.8, 4) is 0 Å². The maximum Gasteiger partial charge on any atom is 0.253 e. The van der Waals surface area contributed by atoms with Crippen LogP contribution in [0.1, 0.15) is 23.2 Å². The van der Waals surface area contributed by atoms with Crippen LogP contribution in [0.4, 0.5) is 0 Å². The summed E-state index contributed by atoms with van der Waals surface area (Å²) in [7, 11) is 0. The zero-order valence-electron chi connectivity index (χ0n) is 8.91. The number of amides is 1. The van der Waals surface area contributed by atoms with Gasteiger partial charge in [0.15, 0.2) is 0 Å². The summed E-state index contributed by atoms with van der Waals surface area (Å²) < 4.78 is 1.80. The zero-order chi connectivity index (χ0) is 11.7. The third-order valence-electron chi connectivity index (χ3n) is 2.66. The molecule has 1 heterocycles. The summed E-state index contributed by atoms with van der Waals surface area (Å²) in [6.45, 7) is 0.513. The highest BCUT2D eigenvalue weighted by atomic mass is 79.9. The van der Waals surface area contributed by atoms with Crippen molar-refractivity contribution in [1.82, 2.24) is 5.32 Å². The molecule has 96 valence electrons. The molecule has 0 spiro atoms. The van der Waals surface area contributed by atoms with Crippen LogP contribution in [0.25, 0.3) is 0 Å². The molecule has 1 amide bonds. The highest BCUT2D eigenvalue weighted by Crippen LogP contribution is 2.34. The van der Waals surface area contributed by atoms with Gasteiger partial charge in [0.1, 0.15) is 0 Å². The second kappa shape index (κ2) is 6.52. The van der Waals surface area contributed by atoms with Gasteiger partial charge in [0.05, 0.1) is 13.1 Å². The summed E-state index contributed by atoms with van der Waals surface area (Å²) in [5.74, 6) is 0.533. The van der Waals surface area contributed by atoms with Crippen LogP contribution in [0, 0.1) is 5.92 Å². The third kappa shape index (κ3) is 3.92. The third-order valence-corrected chi connectivity index (χ3v) is 5.00. The number of carbonyl (C=O) groups is 1. The molecule has 17 heavy (non-hydrogen) atoms. The Bertz CT molecular complexity index is 409. The average molecular weight is 405 g/mol. The monoisotopic (exact) mass is 402 g/mol. The van der Waals surface area contributed by atoms with E-state index in [1.54, 1.807) is 0 Å². The maximum absolute atomic E-state index is 12.0. The van der Waals surface area contributed by atoms with Gasteiger partial charge in [0.2, 0.25) is 0 Å². The zero-order valence-corrected chi connectivity index (χ0v) is 13.7. The summed E-state index contributed by atoms with van der Waals surface area (Å²) in [5.41, 5.74) is 6.33. The van der Waals surface area contributed by atoms with E-state index in [-0.39, 0.29) is 24.4 Å². The first kappa shape index (κ1) is 15.4. The predicted molar refractivity (Wildman–Crippen MR) is 80.0 cm³/mol. The topological polar surface area (TPSA) is 55.1 Å². The Morgan fingerprint density at radius 3 is 2.65 bits per heavy atom. The van der Waals surface area contributed by atoms with E-state index in [1.165, 1.54) is 24.2 Å². The molecule has 3 nitrogen and oxygen atoms in total. The standard InChI is InChI=1S/C10H12Br2N2OS.ClH/c11-8-3-6(9(12)16-8)10(15)14-7(4-13)5-1-2-5;/h3,5,7H,1-2,4,13H2,(H,14,15);1H. The molecule has 1 aromatic heterocycles. The fraction of sp³-hybridized carbons (Fsp3) is 0.500. The number of nitrogens with one attached hydrogen (secondary N) is 1. The molecule has 1 aliphatic rings. The van der Waals surface area contributed by atoms with Crippen LogP contribution >= 0.6 is 55.6 Å². The Morgan fingerprint density at radius 1 is 1.59 bits per heavy atom. The highest BCUT2D eigenvalue weighted by molar-refractivity contribution is 9.12. The van der Waals surface area contributed by atoms with Crippen LogP contribution in [0.15, 0.2) is 13.6 Å². The van der Waals surface area contributed by atoms with Crippen molar-refractivity contribution >= 4 is 61.5 Å². The molecule has 7 heteroatoms. The van der Waals surface area contributed by atoms with E-state index in [9.17, 15) is 4.79 Å². The molecule has 1 atom stereocenters. The molecule has 3 N–H and O–H groups in total. The van der Waals surface area contributed by atoms with E-state index >= 15 is 0 Å². The number of hydrogen-bond donors (Lipinski definition) is 2. The van der Waals surface area contributed by atoms with Gasteiger partial charge < -0.3 is 11.1 Å².